The highest BCUT2D eigenvalue weighted by Crippen LogP contribution is 2.23. The Morgan fingerprint density at radius 3 is 2.75 bits per heavy atom. The predicted molar refractivity (Wildman–Crippen MR) is 69.3 cm³/mol. The number of halogens is 1. The van der Waals surface area contributed by atoms with Crippen LogP contribution in [-0.2, 0) is 16.6 Å². The molecule has 1 aromatic carbocycles. The average molecular weight is 362 g/mol. The number of rotatable bonds is 5. The minimum Gasteiger partial charge on any atom is -0.478 e. The Balaban J connectivity index is 2.23. The van der Waals surface area contributed by atoms with Crippen molar-refractivity contribution in [2.24, 2.45) is 0 Å². The first kappa shape index (κ1) is 14.6. The van der Waals surface area contributed by atoms with Gasteiger partial charge < -0.3 is 5.11 Å². The van der Waals surface area contributed by atoms with Crippen molar-refractivity contribution in [2.45, 2.75) is 11.4 Å². The summed E-state index contributed by atoms with van der Waals surface area (Å²) in [6.45, 7) is -0.133. The molecular weight excluding hydrogens is 354 g/mol. The fourth-order valence-electron chi connectivity index (χ4n) is 1.35. The third-order valence-corrected chi connectivity index (χ3v) is 4.66. The van der Waals surface area contributed by atoms with Crippen LogP contribution >= 0.6 is 15.9 Å². The van der Waals surface area contributed by atoms with Gasteiger partial charge in [-0.1, -0.05) is 5.21 Å². The standard InChI is InChI=1S/C9H8BrN5O4S/c10-6-3-5(9(16)17)1-2-7(6)20(18,19)11-4-8-12-14-15-13-8/h1-3,11H,4H2,(H,16,17)(H,12,13,14,15). The van der Waals surface area contributed by atoms with Crippen molar-refractivity contribution in [1.29, 1.82) is 0 Å². The Kier molecular flexibility index (Phi) is 4.11. The molecule has 0 spiro atoms. The van der Waals surface area contributed by atoms with Crippen LogP contribution in [0.15, 0.2) is 27.6 Å². The topological polar surface area (TPSA) is 138 Å². The van der Waals surface area contributed by atoms with E-state index in [1.165, 1.54) is 18.2 Å². The van der Waals surface area contributed by atoms with E-state index in [-0.39, 0.29) is 27.3 Å². The van der Waals surface area contributed by atoms with E-state index < -0.39 is 16.0 Å². The van der Waals surface area contributed by atoms with Crippen LogP contribution in [-0.4, -0.2) is 40.1 Å². The predicted octanol–water partition coefficient (Wildman–Crippen LogP) is 0.139. The number of H-pyrrole nitrogens is 1. The van der Waals surface area contributed by atoms with Crippen LogP contribution in [0, 0.1) is 0 Å². The molecule has 2 aromatic rings. The molecule has 1 aromatic heterocycles. The van der Waals surface area contributed by atoms with E-state index in [0.29, 0.717) is 0 Å². The molecule has 11 heteroatoms. The molecule has 0 saturated carbocycles. The lowest BCUT2D eigenvalue weighted by molar-refractivity contribution is 0.0696. The van der Waals surface area contributed by atoms with E-state index >= 15 is 0 Å². The van der Waals surface area contributed by atoms with Gasteiger partial charge in [-0.05, 0) is 34.1 Å². The molecule has 20 heavy (non-hydrogen) atoms. The Bertz CT molecular complexity index is 731. The van der Waals surface area contributed by atoms with Crippen molar-refractivity contribution in [1.82, 2.24) is 25.3 Å². The molecule has 0 aliphatic heterocycles. The number of carboxylic acids is 1. The normalized spacial score (nSPS) is 11.4. The number of nitrogens with one attached hydrogen (secondary N) is 2. The van der Waals surface area contributed by atoms with Crippen LogP contribution in [0.25, 0.3) is 0 Å². The third-order valence-electron chi connectivity index (χ3n) is 2.28. The quantitative estimate of drug-likeness (QED) is 0.688. The Morgan fingerprint density at radius 2 is 2.20 bits per heavy atom. The number of benzene rings is 1. The molecule has 0 fully saturated rings. The molecule has 1 heterocycles. The monoisotopic (exact) mass is 361 g/mol. The first-order valence-corrected chi connectivity index (χ1v) is 7.42. The zero-order chi connectivity index (χ0) is 14.8. The van der Waals surface area contributed by atoms with Gasteiger partial charge in [-0.25, -0.2) is 17.9 Å². The fraction of sp³-hybridized carbons (Fsp3) is 0.111. The summed E-state index contributed by atoms with van der Waals surface area (Å²) < 4.78 is 26.5. The molecule has 0 amide bonds. The van der Waals surface area contributed by atoms with Crippen LogP contribution in [0.1, 0.15) is 16.2 Å². The Hall–Kier alpha value is -1.85. The lowest BCUT2D eigenvalue weighted by Gasteiger charge is -2.07. The van der Waals surface area contributed by atoms with Crippen LogP contribution in [0.3, 0.4) is 0 Å². The summed E-state index contributed by atoms with van der Waals surface area (Å²) >= 11 is 3.04. The summed E-state index contributed by atoms with van der Waals surface area (Å²) in [6.07, 6.45) is 0. The van der Waals surface area contributed by atoms with Gasteiger partial charge in [0.25, 0.3) is 0 Å². The van der Waals surface area contributed by atoms with Crippen LogP contribution in [0.5, 0.6) is 0 Å². The maximum absolute atomic E-state index is 12.1. The Morgan fingerprint density at radius 1 is 1.45 bits per heavy atom. The largest absolute Gasteiger partial charge is 0.478 e. The molecule has 0 unspecified atom stereocenters. The second-order valence-electron chi connectivity index (χ2n) is 3.60. The minimum absolute atomic E-state index is 0.0195. The van der Waals surface area contributed by atoms with Gasteiger partial charge in [-0.15, -0.1) is 10.2 Å². The van der Waals surface area contributed by atoms with E-state index in [1.807, 2.05) is 0 Å². The molecule has 0 saturated heterocycles. The summed E-state index contributed by atoms with van der Waals surface area (Å²) in [5.41, 5.74) is -0.0195. The van der Waals surface area contributed by atoms with Gasteiger partial charge in [0.2, 0.25) is 10.0 Å². The maximum Gasteiger partial charge on any atom is 0.335 e. The van der Waals surface area contributed by atoms with Crippen molar-refractivity contribution in [2.75, 3.05) is 0 Å². The van der Waals surface area contributed by atoms with Gasteiger partial charge in [0.05, 0.1) is 17.0 Å². The molecule has 106 valence electrons. The number of aromatic amines is 1. The number of carbonyl (C=O) groups is 1. The number of sulfonamides is 1. The lowest BCUT2D eigenvalue weighted by atomic mass is 10.2. The molecule has 0 aliphatic rings. The highest BCUT2D eigenvalue weighted by Gasteiger charge is 2.19. The summed E-state index contributed by atoms with van der Waals surface area (Å²) in [4.78, 5) is 10.7. The average Bonchev–Trinajstić information content (AvgIpc) is 2.89. The van der Waals surface area contributed by atoms with E-state index in [2.05, 4.69) is 41.3 Å². The van der Waals surface area contributed by atoms with Gasteiger partial charge in [0, 0.05) is 4.47 Å². The molecule has 3 N–H and O–H groups in total. The van der Waals surface area contributed by atoms with Crippen molar-refractivity contribution in [3.63, 3.8) is 0 Å². The van der Waals surface area contributed by atoms with Gasteiger partial charge >= 0.3 is 5.97 Å². The highest BCUT2D eigenvalue weighted by atomic mass is 79.9. The van der Waals surface area contributed by atoms with Crippen LogP contribution in [0.2, 0.25) is 0 Å². The van der Waals surface area contributed by atoms with Crippen LogP contribution in [0.4, 0.5) is 0 Å². The molecular formula is C9H8BrN5O4S. The third kappa shape index (κ3) is 3.18. The zero-order valence-corrected chi connectivity index (χ0v) is 12.1. The maximum atomic E-state index is 12.1. The number of aromatic carboxylic acids is 1. The number of carboxylic acid groups (broad SMARTS) is 1. The Labute approximate surface area is 121 Å². The van der Waals surface area contributed by atoms with Crippen molar-refractivity contribution in [3.05, 3.63) is 34.1 Å². The molecule has 0 aliphatic carbocycles. The summed E-state index contributed by atoms with van der Waals surface area (Å²) in [7, 11) is -3.82. The van der Waals surface area contributed by atoms with Crippen LogP contribution < -0.4 is 4.72 Å². The summed E-state index contributed by atoms with van der Waals surface area (Å²) in [5.74, 6) is -0.957. The number of hydrogen-bond acceptors (Lipinski definition) is 6. The van der Waals surface area contributed by atoms with Crippen molar-refractivity contribution >= 4 is 31.9 Å². The van der Waals surface area contributed by atoms with E-state index in [1.54, 1.807) is 0 Å². The number of nitrogens with zero attached hydrogens (tertiary/aromatic N) is 3. The van der Waals surface area contributed by atoms with Gasteiger partial charge in [0.15, 0.2) is 5.82 Å². The molecule has 9 nitrogen and oxygen atoms in total. The van der Waals surface area contributed by atoms with E-state index in [4.69, 9.17) is 5.11 Å². The smallest absolute Gasteiger partial charge is 0.335 e. The van der Waals surface area contributed by atoms with E-state index in [9.17, 15) is 13.2 Å². The molecule has 0 bridgehead atoms. The van der Waals surface area contributed by atoms with Crippen molar-refractivity contribution in [3.8, 4) is 0 Å². The summed E-state index contributed by atoms with van der Waals surface area (Å²) in [6, 6.07) is 3.62. The first-order chi connectivity index (χ1) is 9.40. The van der Waals surface area contributed by atoms with Gasteiger partial charge in [-0.3, -0.25) is 0 Å². The highest BCUT2D eigenvalue weighted by molar-refractivity contribution is 9.10. The minimum atomic E-state index is -3.82. The molecule has 2 rings (SSSR count). The van der Waals surface area contributed by atoms with Gasteiger partial charge in [0.1, 0.15) is 0 Å². The number of hydrogen-bond donors (Lipinski definition) is 3. The SMILES string of the molecule is O=C(O)c1ccc(S(=O)(=O)NCc2nn[nH]n2)c(Br)c1. The van der Waals surface area contributed by atoms with Crippen molar-refractivity contribution < 1.29 is 18.3 Å². The second-order valence-corrected chi connectivity index (χ2v) is 6.19. The second kappa shape index (κ2) is 5.64. The zero-order valence-electron chi connectivity index (χ0n) is 9.74. The fourth-order valence-corrected chi connectivity index (χ4v) is 3.40. The number of tetrazole rings is 1. The number of aromatic nitrogens is 4. The molecule has 0 atom stereocenters. The van der Waals surface area contributed by atoms with E-state index in [0.717, 1.165) is 0 Å². The first-order valence-electron chi connectivity index (χ1n) is 5.15. The lowest BCUT2D eigenvalue weighted by Crippen LogP contribution is -2.24. The summed E-state index contributed by atoms with van der Waals surface area (Å²) in [5, 5.41) is 21.5. The van der Waals surface area contributed by atoms with Gasteiger partial charge in [-0.2, -0.15) is 5.21 Å². The molecule has 0 radical (unpaired) electrons.